The second-order valence-corrected chi connectivity index (χ2v) is 3.64. The minimum atomic E-state index is 0.152. The van der Waals surface area contributed by atoms with E-state index in [-0.39, 0.29) is 6.17 Å². The van der Waals surface area contributed by atoms with Gasteiger partial charge in [0.15, 0.2) is 0 Å². The molecule has 3 unspecified atom stereocenters. The van der Waals surface area contributed by atoms with Crippen molar-refractivity contribution in [2.75, 3.05) is 12.8 Å². The van der Waals surface area contributed by atoms with Gasteiger partial charge in [0.1, 0.15) is 5.50 Å². The quantitative estimate of drug-likeness (QED) is 0.573. The van der Waals surface area contributed by atoms with Crippen LogP contribution in [-0.4, -0.2) is 24.5 Å². The van der Waals surface area contributed by atoms with E-state index < -0.39 is 0 Å². The summed E-state index contributed by atoms with van der Waals surface area (Å²) in [6, 6.07) is 0. The Hall–Kier alpha value is 0.230. The van der Waals surface area contributed by atoms with Crippen molar-refractivity contribution >= 4 is 11.8 Å². The standard InChI is InChI=1S/C6H15N3S.C2H6/c1-4-3-8-6(10-2)9-5(4)7;1-2/h4-6,8-9H,3,7H2,1-2H3;1-2H3. The first-order valence-corrected chi connectivity index (χ1v) is 5.80. The monoisotopic (exact) mass is 191 g/mol. The molecule has 0 aliphatic carbocycles. The lowest BCUT2D eigenvalue weighted by atomic mass is 10.1. The highest BCUT2D eigenvalue weighted by molar-refractivity contribution is 7.99. The summed E-state index contributed by atoms with van der Waals surface area (Å²) >= 11 is 1.75. The highest BCUT2D eigenvalue weighted by Gasteiger charge is 2.21. The molecule has 0 saturated carbocycles. The largest absolute Gasteiger partial charge is 0.316 e. The van der Waals surface area contributed by atoms with Gasteiger partial charge in [-0.05, 0) is 12.2 Å². The van der Waals surface area contributed by atoms with Gasteiger partial charge in [-0.2, -0.15) is 0 Å². The topological polar surface area (TPSA) is 50.1 Å². The molecule has 1 rings (SSSR count). The molecule has 3 atom stereocenters. The molecule has 0 spiro atoms. The first-order valence-electron chi connectivity index (χ1n) is 4.52. The van der Waals surface area contributed by atoms with Gasteiger partial charge < -0.3 is 5.73 Å². The van der Waals surface area contributed by atoms with Crippen LogP contribution in [0.5, 0.6) is 0 Å². The fraction of sp³-hybridized carbons (Fsp3) is 1.00. The maximum Gasteiger partial charge on any atom is 0.106 e. The maximum atomic E-state index is 5.78. The number of thioether (sulfide) groups is 1. The number of hydrogen-bond donors (Lipinski definition) is 3. The summed E-state index contributed by atoms with van der Waals surface area (Å²) in [7, 11) is 0. The van der Waals surface area contributed by atoms with Gasteiger partial charge in [-0.15, -0.1) is 11.8 Å². The molecule has 1 saturated heterocycles. The van der Waals surface area contributed by atoms with Crippen LogP contribution in [0.4, 0.5) is 0 Å². The van der Waals surface area contributed by atoms with Crippen molar-refractivity contribution in [1.29, 1.82) is 0 Å². The normalized spacial score (nSPS) is 35.2. The van der Waals surface area contributed by atoms with E-state index in [1.165, 1.54) is 0 Å². The van der Waals surface area contributed by atoms with Crippen LogP contribution in [0.25, 0.3) is 0 Å². The lowest BCUT2D eigenvalue weighted by Crippen LogP contribution is -2.59. The number of hydrogen-bond acceptors (Lipinski definition) is 4. The van der Waals surface area contributed by atoms with Crippen LogP contribution in [0.15, 0.2) is 0 Å². The predicted octanol–water partition coefficient (Wildman–Crippen LogP) is 0.773. The van der Waals surface area contributed by atoms with Crippen LogP contribution in [0.3, 0.4) is 0 Å². The van der Waals surface area contributed by atoms with E-state index in [2.05, 4.69) is 23.8 Å². The van der Waals surface area contributed by atoms with E-state index in [4.69, 9.17) is 5.73 Å². The van der Waals surface area contributed by atoms with Gasteiger partial charge in [-0.3, -0.25) is 10.6 Å². The van der Waals surface area contributed by atoms with E-state index >= 15 is 0 Å². The van der Waals surface area contributed by atoms with Crippen molar-refractivity contribution in [2.45, 2.75) is 32.4 Å². The Bertz CT molecular complexity index is 110. The smallest absolute Gasteiger partial charge is 0.106 e. The van der Waals surface area contributed by atoms with Crippen LogP contribution >= 0.6 is 11.8 Å². The molecule has 0 radical (unpaired) electrons. The molecule has 3 nitrogen and oxygen atoms in total. The zero-order chi connectivity index (χ0) is 9.56. The van der Waals surface area contributed by atoms with Gasteiger partial charge in [0.25, 0.3) is 0 Å². The third-order valence-corrected chi connectivity index (χ3v) is 2.59. The summed E-state index contributed by atoms with van der Waals surface area (Å²) in [5.74, 6) is 0.531. The minimum absolute atomic E-state index is 0.152. The molecule has 1 aliphatic rings. The summed E-state index contributed by atoms with van der Waals surface area (Å²) in [5.41, 5.74) is 6.12. The van der Waals surface area contributed by atoms with Crippen molar-refractivity contribution < 1.29 is 0 Å². The Balaban J connectivity index is 0.000000561. The summed E-state index contributed by atoms with van der Waals surface area (Å²) < 4.78 is 0. The molecular weight excluding hydrogens is 170 g/mol. The highest BCUT2D eigenvalue weighted by atomic mass is 32.2. The van der Waals surface area contributed by atoms with Crippen LogP contribution in [-0.2, 0) is 0 Å². The SMILES string of the molecule is CC.CSC1NCC(C)C(N)N1. The van der Waals surface area contributed by atoms with Crippen molar-refractivity contribution in [3.8, 4) is 0 Å². The minimum Gasteiger partial charge on any atom is -0.316 e. The third kappa shape index (κ3) is 3.76. The molecule has 4 N–H and O–H groups in total. The summed E-state index contributed by atoms with van der Waals surface area (Å²) in [6.07, 6.45) is 2.21. The summed E-state index contributed by atoms with van der Waals surface area (Å²) in [4.78, 5) is 0. The van der Waals surface area contributed by atoms with E-state index in [1.54, 1.807) is 11.8 Å². The van der Waals surface area contributed by atoms with Gasteiger partial charge in [-0.1, -0.05) is 20.8 Å². The lowest BCUT2D eigenvalue weighted by Gasteiger charge is -2.33. The molecule has 0 aromatic carbocycles. The van der Waals surface area contributed by atoms with Crippen molar-refractivity contribution in [3.63, 3.8) is 0 Å². The summed E-state index contributed by atoms with van der Waals surface area (Å²) in [5, 5.41) is 6.57. The first-order chi connectivity index (χ1) is 5.74. The van der Waals surface area contributed by atoms with E-state index in [1.807, 2.05) is 13.8 Å². The first kappa shape index (κ1) is 12.2. The molecule has 1 aliphatic heterocycles. The average molecular weight is 191 g/mol. The number of nitrogens with one attached hydrogen (secondary N) is 2. The molecule has 0 amide bonds. The van der Waals surface area contributed by atoms with Crippen molar-refractivity contribution in [3.05, 3.63) is 0 Å². The molecule has 0 aromatic rings. The van der Waals surface area contributed by atoms with Gasteiger partial charge in [-0.25, -0.2) is 0 Å². The van der Waals surface area contributed by atoms with Crippen LogP contribution in [0.1, 0.15) is 20.8 Å². The molecule has 0 bridgehead atoms. The van der Waals surface area contributed by atoms with Crippen molar-refractivity contribution in [2.24, 2.45) is 11.7 Å². The van der Waals surface area contributed by atoms with Crippen LogP contribution in [0, 0.1) is 5.92 Å². The average Bonchev–Trinajstić information content (AvgIpc) is 2.13. The Morgan fingerprint density at radius 3 is 2.42 bits per heavy atom. The van der Waals surface area contributed by atoms with Gasteiger partial charge in [0.05, 0.1) is 6.17 Å². The fourth-order valence-electron chi connectivity index (χ4n) is 0.969. The van der Waals surface area contributed by atoms with Gasteiger partial charge in [0, 0.05) is 6.54 Å². The number of rotatable bonds is 1. The van der Waals surface area contributed by atoms with E-state index in [9.17, 15) is 0 Å². The molecule has 4 heteroatoms. The molecule has 1 heterocycles. The Kier molecular flexibility index (Phi) is 6.84. The highest BCUT2D eigenvalue weighted by Crippen LogP contribution is 2.08. The second kappa shape index (κ2) is 6.71. The van der Waals surface area contributed by atoms with E-state index in [0.717, 1.165) is 6.54 Å². The molecule has 0 aromatic heterocycles. The Labute approximate surface area is 79.9 Å². The molecule has 74 valence electrons. The second-order valence-electron chi connectivity index (χ2n) is 2.69. The summed E-state index contributed by atoms with van der Waals surface area (Å²) in [6.45, 7) is 7.15. The number of nitrogens with two attached hydrogens (primary N) is 1. The lowest BCUT2D eigenvalue weighted by molar-refractivity contribution is 0.287. The Morgan fingerprint density at radius 2 is 2.00 bits per heavy atom. The zero-order valence-electron chi connectivity index (χ0n) is 8.42. The fourth-order valence-corrected chi connectivity index (χ4v) is 1.53. The van der Waals surface area contributed by atoms with E-state index in [0.29, 0.717) is 11.4 Å². The van der Waals surface area contributed by atoms with Crippen molar-refractivity contribution in [1.82, 2.24) is 10.6 Å². The zero-order valence-corrected chi connectivity index (χ0v) is 9.24. The van der Waals surface area contributed by atoms with Crippen LogP contribution in [0.2, 0.25) is 0 Å². The third-order valence-electron chi connectivity index (χ3n) is 1.82. The maximum absolute atomic E-state index is 5.78. The Morgan fingerprint density at radius 1 is 1.42 bits per heavy atom. The predicted molar refractivity (Wildman–Crippen MR) is 56.9 cm³/mol. The molecular formula is C8H21N3S. The van der Waals surface area contributed by atoms with Gasteiger partial charge >= 0.3 is 0 Å². The molecule has 1 fully saturated rings. The molecule has 12 heavy (non-hydrogen) atoms. The van der Waals surface area contributed by atoms with Gasteiger partial charge in [0.2, 0.25) is 0 Å². The van der Waals surface area contributed by atoms with Crippen LogP contribution < -0.4 is 16.4 Å².